The van der Waals surface area contributed by atoms with Crippen LogP contribution >= 0.6 is 0 Å². The number of ether oxygens (including phenoxy) is 2. The van der Waals surface area contributed by atoms with Crippen molar-refractivity contribution in [2.45, 2.75) is 19.9 Å². The summed E-state index contributed by atoms with van der Waals surface area (Å²) in [5.41, 5.74) is 0. The van der Waals surface area contributed by atoms with E-state index < -0.39 is 0 Å². The Balaban J connectivity index is 2.28. The van der Waals surface area contributed by atoms with E-state index in [1.807, 2.05) is 0 Å². The van der Waals surface area contributed by atoms with Crippen LogP contribution in [0.2, 0.25) is 0 Å². The minimum Gasteiger partial charge on any atom is -0.364 e. The second-order valence-corrected chi connectivity index (χ2v) is 2.76. The highest BCUT2D eigenvalue weighted by molar-refractivity contribution is 4.55. The Morgan fingerprint density at radius 3 is 2.00 bits per heavy atom. The van der Waals surface area contributed by atoms with Crippen LogP contribution in [0.25, 0.3) is 0 Å². The quantitative estimate of drug-likeness (QED) is 0.541. The molecule has 0 atom stereocenters. The highest BCUT2D eigenvalue weighted by Crippen LogP contribution is 2.01. The lowest BCUT2D eigenvalue weighted by Gasteiger charge is -2.22. The molecule has 3 nitrogen and oxygen atoms in total. The first-order chi connectivity index (χ1) is 4.80. The fraction of sp³-hybridized carbons (Fsp3) is 1.00. The van der Waals surface area contributed by atoms with E-state index in [0.29, 0.717) is 19.5 Å². The lowest BCUT2D eigenvalue weighted by atomic mass is 10.4. The maximum absolute atomic E-state index is 5.27. The summed E-state index contributed by atoms with van der Waals surface area (Å²) in [4.78, 5) is 2.15. The van der Waals surface area contributed by atoms with Gasteiger partial charge in [0.2, 0.25) is 0 Å². The van der Waals surface area contributed by atoms with Gasteiger partial charge in [-0.25, -0.2) is 0 Å². The Bertz CT molecular complexity index is 87.6. The molecular formula is C7H15NO2. The molecule has 0 N–H and O–H groups in total. The van der Waals surface area contributed by atoms with Gasteiger partial charge in [0.05, 0.1) is 13.2 Å². The Morgan fingerprint density at radius 2 is 1.60 bits per heavy atom. The van der Waals surface area contributed by atoms with Crippen molar-refractivity contribution in [2.75, 3.05) is 26.7 Å². The summed E-state index contributed by atoms with van der Waals surface area (Å²) in [7, 11) is 0. The molecule has 0 aromatic heterocycles. The standard InChI is InChI=1S/C7H15NO2/c1-7(2)8-5-9-3-4-10-6-8/h7H,3-6H2,1-2H3. The molecule has 0 spiro atoms. The molecule has 1 saturated heterocycles. The van der Waals surface area contributed by atoms with Crippen LogP contribution in [-0.2, 0) is 9.47 Å². The fourth-order valence-electron chi connectivity index (χ4n) is 0.817. The maximum Gasteiger partial charge on any atom is 0.101 e. The van der Waals surface area contributed by atoms with Crippen LogP contribution in [0.15, 0.2) is 0 Å². The van der Waals surface area contributed by atoms with E-state index in [-0.39, 0.29) is 0 Å². The summed E-state index contributed by atoms with van der Waals surface area (Å²) in [5, 5.41) is 0. The third-order valence-electron chi connectivity index (χ3n) is 1.62. The first-order valence-corrected chi connectivity index (χ1v) is 3.70. The molecule has 1 aliphatic rings. The second kappa shape index (κ2) is 3.91. The summed E-state index contributed by atoms with van der Waals surface area (Å²) in [5.74, 6) is 0. The van der Waals surface area contributed by atoms with E-state index in [2.05, 4.69) is 18.7 Å². The molecule has 10 heavy (non-hydrogen) atoms. The van der Waals surface area contributed by atoms with Crippen LogP contribution in [0.5, 0.6) is 0 Å². The predicted molar refractivity (Wildman–Crippen MR) is 38.6 cm³/mol. The van der Waals surface area contributed by atoms with Crippen molar-refractivity contribution in [3.05, 3.63) is 0 Å². The Morgan fingerprint density at radius 1 is 1.10 bits per heavy atom. The van der Waals surface area contributed by atoms with Crippen molar-refractivity contribution in [3.8, 4) is 0 Å². The molecule has 0 aliphatic carbocycles. The third-order valence-corrected chi connectivity index (χ3v) is 1.62. The van der Waals surface area contributed by atoms with E-state index in [4.69, 9.17) is 9.47 Å². The Hall–Kier alpha value is -0.120. The van der Waals surface area contributed by atoms with Crippen molar-refractivity contribution in [3.63, 3.8) is 0 Å². The molecule has 0 amide bonds. The zero-order valence-corrected chi connectivity index (χ0v) is 6.67. The number of hydrogen-bond acceptors (Lipinski definition) is 3. The Kier molecular flexibility index (Phi) is 3.12. The number of rotatable bonds is 1. The molecule has 0 aromatic carbocycles. The van der Waals surface area contributed by atoms with Crippen molar-refractivity contribution >= 4 is 0 Å². The van der Waals surface area contributed by atoms with Crippen molar-refractivity contribution < 1.29 is 9.47 Å². The Labute approximate surface area is 61.9 Å². The highest BCUT2D eigenvalue weighted by Gasteiger charge is 2.11. The molecule has 0 bridgehead atoms. The summed E-state index contributed by atoms with van der Waals surface area (Å²) in [6.07, 6.45) is 0. The first-order valence-electron chi connectivity index (χ1n) is 3.70. The van der Waals surface area contributed by atoms with Gasteiger partial charge in [-0.2, -0.15) is 0 Å². The molecule has 60 valence electrons. The molecule has 1 rings (SSSR count). The molecule has 1 aliphatic heterocycles. The van der Waals surface area contributed by atoms with Gasteiger partial charge in [-0.3, -0.25) is 4.90 Å². The molecule has 0 unspecified atom stereocenters. The molecule has 1 fully saturated rings. The minimum atomic E-state index is 0.512. The van der Waals surface area contributed by atoms with Crippen LogP contribution in [0.1, 0.15) is 13.8 Å². The lowest BCUT2D eigenvalue weighted by molar-refractivity contribution is 0.00531. The monoisotopic (exact) mass is 145 g/mol. The van der Waals surface area contributed by atoms with Gasteiger partial charge < -0.3 is 9.47 Å². The zero-order valence-electron chi connectivity index (χ0n) is 6.67. The smallest absolute Gasteiger partial charge is 0.101 e. The van der Waals surface area contributed by atoms with Crippen LogP contribution in [-0.4, -0.2) is 37.6 Å². The van der Waals surface area contributed by atoms with E-state index in [1.165, 1.54) is 0 Å². The summed E-state index contributed by atoms with van der Waals surface area (Å²) >= 11 is 0. The van der Waals surface area contributed by atoms with Crippen molar-refractivity contribution in [1.82, 2.24) is 4.90 Å². The van der Waals surface area contributed by atoms with Gasteiger partial charge in [-0.15, -0.1) is 0 Å². The predicted octanol–water partition coefficient (Wildman–Crippen LogP) is 0.659. The zero-order chi connectivity index (χ0) is 7.40. The van der Waals surface area contributed by atoms with E-state index >= 15 is 0 Å². The van der Waals surface area contributed by atoms with Gasteiger partial charge in [-0.1, -0.05) is 0 Å². The molecule has 0 saturated carbocycles. The topological polar surface area (TPSA) is 21.7 Å². The van der Waals surface area contributed by atoms with E-state index in [0.717, 1.165) is 13.2 Å². The SMILES string of the molecule is CC(C)N1COCCOC1. The second-order valence-electron chi connectivity index (χ2n) is 2.76. The summed E-state index contributed by atoms with van der Waals surface area (Å²) < 4.78 is 10.5. The van der Waals surface area contributed by atoms with Crippen LogP contribution in [0, 0.1) is 0 Å². The molecule has 1 heterocycles. The third kappa shape index (κ3) is 2.25. The minimum absolute atomic E-state index is 0.512. The maximum atomic E-state index is 5.27. The normalized spacial score (nSPS) is 23.1. The first kappa shape index (κ1) is 7.98. The molecule has 0 aromatic rings. The summed E-state index contributed by atoms with van der Waals surface area (Å²) in [6, 6.07) is 0.512. The van der Waals surface area contributed by atoms with Gasteiger partial charge >= 0.3 is 0 Å². The van der Waals surface area contributed by atoms with Crippen molar-refractivity contribution in [2.24, 2.45) is 0 Å². The number of nitrogens with zero attached hydrogens (tertiary/aromatic N) is 1. The average Bonchev–Trinajstić information content (AvgIpc) is 2.12. The molecule has 3 heteroatoms. The molecule has 0 radical (unpaired) electrons. The van der Waals surface area contributed by atoms with Crippen molar-refractivity contribution in [1.29, 1.82) is 0 Å². The van der Waals surface area contributed by atoms with Gasteiger partial charge in [0.1, 0.15) is 13.5 Å². The van der Waals surface area contributed by atoms with Gasteiger partial charge in [-0.05, 0) is 13.8 Å². The van der Waals surface area contributed by atoms with E-state index in [9.17, 15) is 0 Å². The van der Waals surface area contributed by atoms with Gasteiger partial charge in [0.25, 0.3) is 0 Å². The average molecular weight is 145 g/mol. The lowest BCUT2D eigenvalue weighted by Crippen LogP contribution is -2.33. The fourth-order valence-corrected chi connectivity index (χ4v) is 0.817. The van der Waals surface area contributed by atoms with E-state index in [1.54, 1.807) is 0 Å². The highest BCUT2D eigenvalue weighted by atomic mass is 16.6. The van der Waals surface area contributed by atoms with Gasteiger partial charge in [0, 0.05) is 6.04 Å². The number of hydrogen-bond donors (Lipinski definition) is 0. The van der Waals surface area contributed by atoms with Gasteiger partial charge in [0.15, 0.2) is 0 Å². The van der Waals surface area contributed by atoms with Crippen LogP contribution in [0.4, 0.5) is 0 Å². The molecular weight excluding hydrogens is 130 g/mol. The summed E-state index contributed by atoms with van der Waals surface area (Å²) in [6.45, 7) is 7.14. The van der Waals surface area contributed by atoms with Crippen LogP contribution < -0.4 is 0 Å². The van der Waals surface area contributed by atoms with Crippen LogP contribution in [0.3, 0.4) is 0 Å². The largest absolute Gasteiger partial charge is 0.364 e.